The molecule has 0 aliphatic carbocycles. The van der Waals surface area contributed by atoms with Gasteiger partial charge in [-0.15, -0.1) is 0 Å². The zero-order chi connectivity index (χ0) is 22.8. The molecule has 0 aliphatic rings. The van der Waals surface area contributed by atoms with E-state index in [1.165, 1.54) is 11.1 Å². The van der Waals surface area contributed by atoms with Crippen LogP contribution in [-0.2, 0) is 37.4 Å². The molecule has 0 saturated heterocycles. The fourth-order valence-electron chi connectivity index (χ4n) is 4.44. The summed E-state index contributed by atoms with van der Waals surface area (Å²) in [6, 6.07) is 21.9. The van der Waals surface area contributed by atoms with Crippen molar-refractivity contribution in [2.75, 3.05) is 13.2 Å². The predicted molar refractivity (Wildman–Crippen MR) is 130 cm³/mol. The van der Waals surface area contributed by atoms with E-state index in [1.807, 2.05) is 0 Å². The van der Waals surface area contributed by atoms with Gasteiger partial charge in [-0.3, -0.25) is 0 Å². The Bertz CT molecular complexity index is 675. The number of hydrogen-bond donors (Lipinski definition) is 0. The van der Waals surface area contributed by atoms with E-state index in [0.717, 1.165) is 47.3 Å². The zero-order valence-electron chi connectivity index (χ0n) is 20.7. The van der Waals surface area contributed by atoms with Crippen molar-refractivity contribution in [2.24, 2.45) is 0 Å². The Morgan fingerprint density at radius 3 is 1.29 bits per heavy atom. The van der Waals surface area contributed by atoms with Gasteiger partial charge in [0.05, 0.1) is 0 Å². The fourth-order valence-corrected chi connectivity index (χ4v) is 21.5. The maximum atomic E-state index is 6.93. The Morgan fingerprint density at radius 1 is 0.613 bits per heavy atom. The molecule has 0 atom stereocenters. The van der Waals surface area contributed by atoms with Crippen molar-refractivity contribution in [1.82, 2.24) is 0 Å². The van der Waals surface area contributed by atoms with Crippen molar-refractivity contribution in [3.63, 3.8) is 0 Å². The van der Waals surface area contributed by atoms with Crippen LogP contribution in [0.25, 0.3) is 0 Å². The Hall–Kier alpha value is -0.770. The minimum atomic E-state index is -3.64. The summed E-state index contributed by atoms with van der Waals surface area (Å²) >= 11 is -3.64. The first-order valence-corrected chi connectivity index (χ1v) is 20.1. The molecule has 0 bridgehead atoms. The normalized spacial score (nSPS) is 12.8. The van der Waals surface area contributed by atoms with E-state index in [9.17, 15) is 0 Å². The molecule has 2 nitrogen and oxygen atoms in total. The van der Waals surface area contributed by atoms with Crippen molar-refractivity contribution in [3.05, 3.63) is 71.8 Å². The molecule has 0 saturated carbocycles. The van der Waals surface area contributed by atoms with Crippen LogP contribution in [0.3, 0.4) is 0 Å². The van der Waals surface area contributed by atoms with E-state index in [0.29, 0.717) is 0 Å². The van der Waals surface area contributed by atoms with Crippen LogP contribution in [0.2, 0.25) is 8.35 Å². The van der Waals surface area contributed by atoms with Gasteiger partial charge in [-0.2, -0.15) is 0 Å². The van der Waals surface area contributed by atoms with Gasteiger partial charge in [0.15, 0.2) is 0 Å². The zero-order valence-corrected chi connectivity index (χ0v) is 24.3. The molecule has 172 valence electrons. The molecule has 0 N–H and O–H groups in total. The molecule has 0 amide bonds. The van der Waals surface area contributed by atoms with Gasteiger partial charge in [-0.05, 0) is 0 Å². The molecule has 2 aromatic carbocycles. The van der Waals surface area contributed by atoms with E-state index in [2.05, 4.69) is 102 Å². The second-order valence-corrected chi connectivity index (χ2v) is 21.3. The molecule has 0 unspecified atom stereocenters. The average molecular weight is 591 g/mol. The van der Waals surface area contributed by atoms with Crippen LogP contribution in [0.15, 0.2) is 60.7 Å². The monoisotopic (exact) mass is 592 g/mol. The van der Waals surface area contributed by atoms with Crippen LogP contribution < -0.4 is 0 Å². The molecule has 0 aromatic heterocycles. The molecule has 2 aromatic rings. The number of hydrogen-bond acceptors (Lipinski definition) is 2. The summed E-state index contributed by atoms with van der Waals surface area (Å²) in [7, 11) is 0. The summed E-state index contributed by atoms with van der Waals surface area (Å²) in [6.07, 6.45) is 4.53. The molecular weight excluding hydrogens is 547 g/mol. The van der Waals surface area contributed by atoms with E-state index in [-0.39, 0.29) is 10.8 Å². The van der Waals surface area contributed by atoms with Crippen LogP contribution in [0.4, 0.5) is 0 Å². The summed E-state index contributed by atoms with van der Waals surface area (Å²) in [5.41, 5.74) is 2.84. The maximum absolute atomic E-state index is 6.93. The van der Waals surface area contributed by atoms with E-state index >= 15 is 0 Å². The first kappa shape index (κ1) is 26.5. The number of benzene rings is 2. The minimum absolute atomic E-state index is 0.0357. The van der Waals surface area contributed by atoms with Gasteiger partial charge in [0.1, 0.15) is 0 Å². The third-order valence-corrected chi connectivity index (χ3v) is 21.7. The van der Waals surface area contributed by atoms with Crippen molar-refractivity contribution >= 4 is 0 Å². The van der Waals surface area contributed by atoms with Gasteiger partial charge in [-0.25, -0.2) is 0 Å². The van der Waals surface area contributed by atoms with Crippen molar-refractivity contribution < 1.29 is 26.6 Å². The van der Waals surface area contributed by atoms with Crippen molar-refractivity contribution in [3.8, 4) is 0 Å². The molecular formula is C28H44HfO2. The molecule has 0 heterocycles. The summed E-state index contributed by atoms with van der Waals surface area (Å²) in [4.78, 5) is 0. The predicted octanol–water partition coefficient (Wildman–Crippen LogP) is 8.40. The SMILES string of the molecule is CCCC[O][Hf]([CH2]C(C)(C)c1ccccc1)([CH2]C(C)(C)c1ccccc1)[O]CCCC. The topological polar surface area (TPSA) is 18.5 Å². The first-order chi connectivity index (χ1) is 14.7. The van der Waals surface area contributed by atoms with Gasteiger partial charge in [0, 0.05) is 0 Å². The van der Waals surface area contributed by atoms with Gasteiger partial charge in [0.25, 0.3) is 0 Å². The van der Waals surface area contributed by atoms with Crippen LogP contribution >= 0.6 is 0 Å². The summed E-state index contributed by atoms with van der Waals surface area (Å²) in [5, 5.41) is 0. The van der Waals surface area contributed by atoms with Crippen LogP contribution in [-0.4, -0.2) is 13.2 Å². The third kappa shape index (κ3) is 8.26. The van der Waals surface area contributed by atoms with Gasteiger partial charge < -0.3 is 0 Å². The van der Waals surface area contributed by atoms with E-state index in [1.54, 1.807) is 0 Å². The Balaban J connectivity index is 2.40. The van der Waals surface area contributed by atoms with E-state index < -0.39 is 20.8 Å². The Labute approximate surface area is 197 Å². The van der Waals surface area contributed by atoms with Crippen LogP contribution in [0, 0.1) is 0 Å². The van der Waals surface area contributed by atoms with Crippen LogP contribution in [0.5, 0.6) is 0 Å². The molecule has 0 radical (unpaired) electrons. The molecule has 31 heavy (non-hydrogen) atoms. The average Bonchev–Trinajstić information content (AvgIpc) is 2.75. The summed E-state index contributed by atoms with van der Waals surface area (Å²) in [5.74, 6) is 0. The number of rotatable bonds is 14. The quantitative estimate of drug-likeness (QED) is 0.162. The number of unbranched alkanes of at least 4 members (excludes halogenated alkanes) is 2. The fraction of sp³-hybridized carbons (Fsp3) is 0.571. The second kappa shape index (κ2) is 12.5. The van der Waals surface area contributed by atoms with Gasteiger partial charge in [-0.1, -0.05) is 0 Å². The van der Waals surface area contributed by atoms with Crippen LogP contribution in [0.1, 0.15) is 78.4 Å². The summed E-state index contributed by atoms with van der Waals surface area (Å²) in [6.45, 7) is 15.6. The standard InChI is InChI=1S/2C10H13.2C4H9O.Hf/c2*1-10(2,3)9-7-5-4-6-8-9;2*1-2-3-4-5;/h2*4-8H,1H2,2-3H3;2*2-4H2,1H3;/q;;2*-1;+2. The van der Waals surface area contributed by atoms with Gasteiger partial charge in [0.2, 0.25) is 0 Å². The summed E-state index contributed by atoms with van der Waals surface area (Å²) < 4.78 is 16.0. The van der Waals surface area contributed by atoms with Crippen molar-refractivity contribution in [2.45, 2.75) is 86.4 Å². The Kier molecular flexibility index (Phi) is 10.6. The Morgan fingerprint density at radius 2 is 0.968 bits per heavy atom. The van der Waals surface area contributed by atoms with Gasteiger partial charge >= 0.3 is 198 Å². The first-order valence-electron chi connectivity index (χ1n) is 12.1. The van der Waals surface area contributed by atoms with Crippen molar-refractivity contribution in [1.29, 1.82) is 0 Å². The molecule has 0 spiro atoms. The second-order valence-electron chi connectivity index (χ2n) is 10.2. The molecule has 2 rings (SSSR count). The molecule has 0 aliphatic heterocycles. The molecule has 3 heteroatoms. The molecule has 0 fully saturated rings. The van der Waals surface area contributed by atoms with E-state index in [4.69, 9.17) is 5.71 Å². The third-order valence-electron chi connectivity index (χ3n) is 6.26.